The summed E-state index contributed by atoms with van der Waals surface area (Å²) in [6.45, 7) is 3.67. The van der Waals surface area contributed by atoms with Crippen LogP contribution in [-0.2, 0) is 9.59 Å². The van der Waals surface area contributed by atoms with Gasteiger partial charge in [-0.1, -0.05) is 0 Å². The largest absolute Gasteiger partial charge is 0.332 e. The molecule has 2 aliphatic heterocycles. The fourth-order valence-corrected chi connectivity index (χ4v) is 2.12. The summed E-state index contributed by atoms with van der Waals surface area (Å²) >= 11 is 0. The normalized spacial score (nSPS) is 40.2. The molecule has 2 atom stereocenters. The average molecular weight is 168 g/mol. The highest BCUT2D eigenvalue weighted by atomic mass is 16.2. The quantitative estimate of drug-likeness (QED) is 0.546. The third-order valence-electron chi connectivity index (χ3n) is 2.79. The van der Waals surface area contributed by atoms with Crippen LogP contribution in [0.15, 0.2) is 0 Å². The number of amides is 2. The number of carbonyl (C=O) groups excluding carboxylic acids is 2. The van der Waals surface area contributed by atoms with Crippen LogP contribution in [0.25, 0.3) is 0 Å². The predicted octanol–water partition coefficient (Wildman–Crippen LogP) is -0.157. The maximum absolute atomic E-state index is 11.4. The van der Waals surface area contributed by atoms with E-state index in [1.54, 1.807) is 11.8 Å². The van der Waals surface area contributed by atoms with Gasteiger partial charge in [0.1, 0.15) is 11.7 Å². The maximum Gasteiger partial charge on any atom is 0.244 e. The van der Waals surface area contributed by atoms with E-state index >= 15 is 0 Å². The van der Waals surface area contributed by atoms with Crippen molar-refractivity contribution >= 4 is 11.8 Å². The van der Waals surface area contributed by atoms with Crippen LogP contribution in [0.3, 0.4) is 0 Å². The minimum absolute atomic E-state index is 0.0365. The molecule has 66 valence electrons. The van der Waals surface area contributed by atoms with Crippen LogP contribution in [0.1, 0.15) is 26.7 Å². The summed E-state index contributed by atoms with van der Waals surface area (Å²) in [6, 6.07) is -0.287. The van der Waals surface area contributed by atoms with Gasteiger partial charge in [-0.25, -0.2) is 0 Å². The molecule has 0 saturated carbocycles. The number of hydrogen-bond donors (Lipinski definition) is 1. The van der Waals surface area contributed by atoms with E-state index in [-0.39, 0.29) is 17.9 Å². The van der Waals surface area contributed by atoms with Crippen LogP contribution in [-0.4, -0.2) is 28.4 Å². The van der Waals surface area contributed by atoms with Gasteiger partial charge in [-0.05, 0) is 20.3 Å². The van der Waals surface area contributed by atoms with Gasteiger partial charge in [0.25, 0.3) is 0 Å². The van der Waals surface area contributed by atoms with E-state index in [0.717, 1.165) is 6.42 Å². The first-order valence-corrected chi connectivity index (χ1v) is 4.19. The molecule has 1 N–H and O–H groups in total. The van der Waals surface area contributed by atoms with E-state index in [4.69, 9.17) is 0 Å². The van der Waals surface area contributed by atoms with Gasteiger partial charge in [-0.2, -0.15) is 0 Å². The van der Waals surface area contributed by atoms with Crippen molar-refractivity contribution in [2.24, 2.45) is 0 Å². The Kier molecular flexibility index (Phi) is 1.26. The summed E-state index contributed by atoms with van der Waals surface area (Å²) in [5, 5.41) is 2.84. The van der Waals surface area contributed by atoms with Crippen molar-refractivity contribution in [2.45, 2.75) is 38.4 Å². The van der Waals surface area contributed by atoms with Crippen molar-refractivity contribution in [1.29, 1.82) is 0 Å². The van der Waals surface area contributed by atoms with Crippen molar-refractivity contribution in [1.82, 2.24) is 10.2 Å². The van der Waals surface area contributed by atoms with Crippen molar-refractivity contribution < 1.29 is 9.59 Å². The Hall–Kier alpha value is -1.06. The molecule has 2 saturated heterocycles. The van der Waals surface area contributed by atoms with Crippen molar-refractivity contribution in [3.8, 4) is 0 Å². The van der Waals surface area contributed by atoms with Crippen LogP contribution >= 0.6 is 0 Å². The van der Waals surface area contributed by atoms with Gasteiger partial charge in [0.05, 0.1) is 0 Å². The van der Waals surface area contributed by atoms with Crippen molar-refractivity contribution in [3.63, 3.8) is 0 Å². The molecule has 4 nitrogen and oxygen atoms in total. The van der Waals surface area contributed by atoms with Gasteiger partial charge in [0.15, 0.2) is 0 Å². The smallest absolute Gasteiger partial charge is 0.244 e. The molecule has 0 aliphatic carbocycles. The van der Waals surface area contributed by atoms with Gasteiger partial charge < -0.3 is 10.2 Å². The summed E-state index contributed by atoms with van der Waals surface area (Å²) in [6.07, 6.45) is 1.29. The first-order chi connectivity index (χ1) is 5.54. The second kappa shape index (κ2) is 2.00. The number of rotatable bonds is 0. The van der Waals surface area contributed by atoms with E-state index < -0.39 is 5.66 Å². The zero-order valence-corrected chi connectivity index (χ0v) is 7.26. The SMILES string of the molecule is C[C@@H]1C(=O)N[C@]2(C)CCC(=O)N12. The maximum atomic E-state index is 11.4. The van der Waals surface area contributed by atoms with E-state index in [1.165, 1.54) is 0 Å². The van der Waals surface area contributed by atoms with Crippen LogP contribution < -0.4 is 5.32 Å². The second-order valence-electron chi connectivity index (χ2n) is 3.70. The van der Waals surface area contributed by atoms with E-state index in [2.05, 4.69) is 5.32 Å². The lowest BCUT2D eigenvalue weighted by Crippen LogP contribution is -2.46. The fourth-order valence-electron chi connectivity index (χ4n) is 2.12. The van der Waals surface area contributed by atoms with Crippen molar-refractivity contribution in [2.75, 3.05) is 0 Å². The number of nitrogens with one attached hydrogen (secondary N) is 1. The zero-order valence-electron chi connectivity index (χ0n) is 7.26. The van der Waals surface area contributed by atoms with Crippen LogP contribution in [0, 0.1) is 0 Å². The first-order valence-electron chi connectivity index (χ1n) is 4.19. The monoisotopic (exact) mass is 168 g/mol. The molecule has 0 aromatic rings. The Morgan fingerprint density at radius 3 is 2.83 bits per heavy atom. The molecule has 0 spiro atoms. The third-order valence-corrected chi connectivity index (χ3v) is 2.79. The van der Waals surface area contributed by atoms with Gasteiger partial charge in [0, 0.05) is 6.42 Å². The standard InChI is InChI=1S/C8H12N2O2/c1-5-7(12)9-8(2)4-3-6(11)10(5)8/h5H,3-4H2,1-2H3,(H,9,12)/t5-,8+/m1/s1. The first kappa shape index (κ1) is 7.58. The van der Waals surface area contributed by atoms with Crippen LogP contribution in [0.2, 0.25) is 0 Å². The van der Waals surface area contributed by atoms with Crippen LogP contribution in [0.4, 0.5) is 0 Å². The Morgan fingerprint density at radius 2 is 2.25 bits per heavy atom. The molecule has 0 unspecified atom stereocenters. The number of carbonyl (C=O) groups is 2. The molecular weight excluding hydrogens is 156 g/mol. The van der Waals surface area contributed by atoms with E-state index in [1.807, 2.05) is 6.92 Å². The second-order valence-corrected chi connectivity index (χ2v) is 3.70. The van der Waals surface area contributed by atoms with E-state index in [9.17, 15) is 9.59 Å². The fraction of sp³-hybridized carbons (Fsp3) is 0.750. The highest BCUT2D eigenvalue weighted by Gasteiger charge is 2.52. The van der Waals surface area contributed by atoms with Gasteiger partial charge in [-0.15, -0.1) is 0 Å². The minimum Gasteiger partial charge on any atom is -0.332 e. The number of fused-ring (bicyclic) bond motifs is 1. The van der Waals surface area contributed by atoms with Crippen LogP contribution in [0.5, 0.6) is 0 Å². The molecule has 0 aromatic heterocycles. The third kappa shape index (κ3) is 0.722. The Labute approximate surface area is 70.9 Å². The molecule has 2 heterocycles. The van der Waals surface area contributed by atoms with Gasteiger partial charge in [0.2, 0.25) is 11.8 Å². The lowest BCUT2D eigenvalue weighted by atomic mass is 10.1. The molecule has 2 amide bonds. The zero-order chi connectivity index (χ0) is 8.93. The molecule has 4 heteroatoms. The molecule has 2 rings (SSSR count). The van der Waals surface area contributed by atoms with E-state index in [0.29, 0.717) is 6.42 Å². The Bertz CT molecular complexity index is 264. The molecule has 0 aromatic carbocycles. The number of nitrogens with zero attached hydrogens (tertiary/aromatic N) is 1. The Morgan fingerprint density at radius 1 is 1.58 bits per heavy atom. The molecule has 2 fully saturated rings. The summed E-state index contributed by atoms with van der Waals surface area (Å²) < 4.78 is 0. The number of hydrogen-bond acceptors (Lipinski definition) is 2. The summed E-state index contributed by atoms with van der Waals surface area (Å²) in [7, 11) is 0. The topological polar surface area (TPSA) is 49.4 Å². The predicted molar refractivity (Wildman–Crippen MR) is 42.1 cm³/mol. The van der Waals surface area contributed by atoms with Crippen molar-refractivity contribution in [3.05, 3.63) is 0 Å². The highest BCUT2D eigenvalue weighted by Crippen LogP contribution is 2.33. The molecular formula is C8H12N2O2. The Balaban J connectivity index is 2.37. The minimum atomic E-state index is -0.395. The summed E-state index contributed by atoms with van der Waals surface area (Å²) in [5.74, 6) is 0.0499. The van der Waals surface area contributed by atoms with Gasteiger partial charge >= 0.3 is 0 Å². The molecule has 12 heavy (non-hydrogen) atoms. The average Bonchev–Trinajstić information content (AvgIpc) is 2.36. The lowest BCUT2D eigenvalue weighted by molar-refractivity contribution is -0.133. The highest BCUT2D eigenvalue weighted by molar-refractivity contribution is 5.93. The summed E-state index contributed by atoms with van der Waals surface area (Å²) in [5.41, 5.74) is -0.395. The molecule has 2 aliphatic rings. The van der Waals surface area contributed by atoms with Gasteiger partial charge in [-0.3, -0.25) is 9.59 Å². The molecule has 0 radical (unpaired) electrons. The summed E-state index contributed by atoms with van der Waals surface area (Å²) in [4.78, 5) is 24.2. The molecule has 0 bridgehead atoms. The lowest BCUT2D eigenvalue weighted by Gasteiger charge is -2.27.